The van der Waals surface area contributed by atoms with Gasteiger partial charge in [0.05, 0.1) is 31.9 Å². The summed E-state index contributed by atoms with van der Waals surface area (Å²) in [5.41, 5.74) is 1.54. The van der Waals surface area contributed by atoms with Crippen molar-refractivity contribution in [2.75, 3.05) is 31.4 Å². The van der Waals surface area contributed by atoms with Gasteiger partial charge >= 0.3 is 0 Å². The molecule has 0 atom stereocenters. The van der Waals surface area contributed by atoms with E-state index in [1.165, 1.54) is 50.6 Å². The van der Waals surface area contributed by atoms with Crippen LogP contribution in [0.1, 0.15) is 5.56 Å². The summed E-state index contributed by atoms with van der Waals surface area (Å²) in [5.74, 6) is 1.22. The molecular weight excluding hydrogens is 444 g/mol. The summed E-state index contributed by atoms with van der Waals surface area (Å²) < 4.78 is 43.5. The van der Waals surface area contributed by atoms with Gasteiger partial charge in [-0.3, -0.25) is 9.52 Å². The number of ether oxygens (including phenoxy) is 3. The maximum Gasteiger partial charge on any atom is 0.262 e. The number of methoxy groups -OCH3 is 3. The van der Waals surface area contributed by atoms with E-state index in [4.69, 9.17) is 14.2 Å². The normalized spacial score (nSPS) is 11.1. The van der Waals surface area contributed by atoms with Crippen LogP contribution < -0.4 is 24.2 Å². The highest BCUT2D eigenvalue weighted by Crippen LogP contribution is 2.31. The van der Waals surface area contributed by atoms with Crippen LogP contribution in [0.15, 0.2) is 77.7 Å². The summed E-state index contributed by atoms with van der Waals surface area (Å²) in [6, 6.07) is 17.9. The highest BCUT2D eigenvalue weighted by Gasteiger charge is 2.17. The fraction of sp³-hybridized carbons (Fsp3) is 0.125. The van der Waals surface area contributed by atoms with Crippen LogP contribution in [-0.4, -0.2) is 35.7 Å². The van der Waals surface area contributed by atoms with Crippen molar-refractivity contribution in [3.8, 4) is 17.2 Å². The van der Waals surface area contributed by atoms with Crippen molar-refractivity contribution in [3.63, 3.8) is 0 Å². The largest absolute Gasteiger partial charge is 0.497 e. The topological polar surface area (TPSA) is 103 Å². The molecule has 9 heteroatoms. The van der Waals surface area contributed by atoms with Gasteiger partial charge in [-0.2, -0.15) is 0 Å². The molecule has 0 aliphatic carbocycles. The van der Waals surface area contributed by atoms with Crippen LogP contribution in [0.5, 0.6) is 17.2 Å². The number of carbonyl (C=O) groups excluding carboxylic acids is 1. The molecule has 0 aromatic heterocycles. The van der Waals surface area contributed by atoms with Crippen LogP contribution >= 0.6 is 0 Å². The van der Waals surface area contributed by atoms with Crippen molar-refractivity contribution in [1.29, 1.82) is 0 Å². The van der Waals surface area contributed by atoms with Crippen molar-refractivity contribution in [2.24, 2.45) is 0 Å². The Kier molecular flexibility index (Phi) is 7.57. The van der Waals surface area contributed by atoms with Gasteiger partial charge in [0, 0.05) is 17.8 Å². The zero-order chi connectivity index (χ0) is 23.8. The number of nitrogens with one attached hydrogen (secondary N) is 2. The first-order chi connectivity index (χ1) is 15.8. The average molecular weight is 469 g/mol. The first-order valence-electron chi connectivity index (χ1n) is 9.82. The monoisotopic (exact) mass is 468 g/mol. The molecule has 3 rings (SSSR count). The molecule has 2 N–H and O–H groups in total. The lowest BCUT2D eigenvalue weighted by molar-refractivity contribution is -0.111. The fourth-order valence-electron chi connectivity index (χ4n) is 2.89. The molecule has 0 radical (unpaired) electrons. The van der Waals surface area contributed by atoms with Crippen molar-refractivity contribution in [2.45, 2.75) is 4.90 Å². The van der Waals surface area contributed by atoms with Gasteiger partial charge in [-0.15, -0.1) is 0 Å². The maximum atomic E-state index is 12.8. The smallest absolute Gasteiger partial charge is 0.262 e. The molecule has 0 heterocycles. The second-order valence-corrected chi connectivity index (χ2v) is 8.47. The average Bonchev–Trinajstić information content (AvgIpc) is 2.83. The molecule has 0 spiro atoms. The van der Waals surface area contributed by atoms with E-state index in [1.807, 2.05) is 12.1 Å². The van der Waals surface area contributed by atoms with Crippen LogP contribution in [0, 0.1) is 0 Å². The lowest BCUT2D eigenvalue weighted by atomic mass is 10.2. The molecule has 0 saturated carbocycles. The van der Waals surface area contributed by atoms with Gasteiger partial charge < -0.3 is 19.5 Å². The maximum absolute atomic E-state index is 12.8. The van der Waals surface area contributed by atoms with E-state index in [9.17, 15) is 13.2 Å². The molecule has 0 aliphatic rings. The molecule has 0 fully saturated rings. The van der Waals surface area contributed by atoms with Gasteiger partial charge in [0.25, 0.3) is 10.0 Å². The summed E-state index contributed by atoms with van der Waals surface area (Å²) in [6.45, 7) is 0. The van der Waals surface area contributed by atoms with Crippen molar-refractivity contribution in [1.82, 2.24) is 0 Å². The molecule has 0 aliphatic heterocycles. The van der Waals surface area contributed by atoms with Crippen LogP contribution in [0.25, 0.3) is 6.08 Å². The molecule has 3 aromatic rings. The molecule has 0 saturated heterocycles. The summed E-state index contributed by atoms with van der Waals surface area (Å²) >= 11 is 0. The Hall–Kier alpha value is -3.98. The Morgan fingerprint density at radius 1 is 0.818 bits per heavy atom. The summed E-state index contributed by atoms with van der Waals surface area (Å²) in [6.07, 6.45) is 3.06. The van der Waals surface area contributed by atoms with Gasteiger partial charge in [0.15, 0.2) is 0 Å². The minimum atomic E-state index is -3.89. The lowest BCUT2D eigenvalue weighted by Gasteiger charge is -2.13. The highest BCUT2D eigenvalue weighted by molar-refractivity contribution is 7.92. The zero-order valence-corrected chi connectivity index (χ0v) is 19.2. The van der Waals surface area contributed by atoms with Crippen molar-refractivity contribution < 1.29 is 27.4 Å². The third-order valence-corrected chi connectivity index (χ3v) is 6.01. The number of rotatable bonds is 9. The Labute approximate surface area is 192 Å². The van der Waals surface area contributed by atoms with Gasteiger partial charge in [-0.1, -0.05) is 12.1 Å². The molecule has 1 amide bonds. The van der Waals surface area contributed by atoms with Gasteiger partial charge in [-0.25, -0.2) is 8.42 Å². The molecule has 172 valence electrons. The molecular formula is C24H24N2O6S. The van der Waals surface area contributed by atoms with E-state index >= 15 is 0 Å². The third-order valence-electron chi connectivity index (χ3n) is 4.63. The fourth-order valence-corrected chi connectivity index (χ4v) is 3.95. The Morgan fingerprint density at radius 3 is 2.06 bits per heavy atom. The van der Waals surface area contributed by atoms with Crippen molar-refractivity contribution in [3.05, 3.63) is 78.4 Å². The molecule has 3 aromatic carbocycles. The van der Waals surface area contributed by atoms with E-state index in [2.05, 4.69) is 10.0 Å². The van der Waals surface area contributed by atoms with E-state index in [0.29, 0.717) is 17.2 Å². The Balaban J connectivity index is 1.67. The third kappa shape index (κ3) is 6.27. The molecule has 0 unspecified atom stereocenters. The predicted octanol–water partition coefficient (Wildman–Crippen LogP) is 4.17. The van der Waals surface area contributed by atoms with Crippen molar-refractivity contribution >= 4 is 33.4 Å². The summed E-state index contributed by atoms with van der Waals surface area (Å²) in [7, 11) is 0.623. The number of benzene rings is 3. The minimum Gasteiger partial charge on any atom is -0.497 e. The quantitative estimate of drug-likeness (QED) is 0.457. The SMILES string of the molecule is COc1ccc(/C=C/C(=O)Nc2ccc(S(=O)(=O)Nc3cc(OC)ccc3OC)cc2)cc1. The number of anilines is 2. The van der Waals surface area contributed by atoms with E-state index in [1.54, 1.807) is 37.5 Å². The Morgan fingerprint density at radius 2 is 1.45 bits per heavy atom. The van der Waals surface area contributed by atoms with Crippen LogP contribution in [0.2, 0.25) is 0 Å². The van der Waals surface area contributed by atoms with E-state index in [-0.39, 0.29) is 16.5 Å². The Bertz CT molecular complexity index is 1240. The second-order valence-electron chi connectivity index (χ2n) is 6.79. The standard InChI is InChI=1S/C24H24N2O6S/c1-30-19-9-4-17(5-10-19)6-15-24(27)25-18-7-12-21(13-8-18)33(28,29)26-22-16-20(31-2)11-14-23(22)32-3/h4-16,26H,1-3H3,(H,25,27)/b15-6+. The van der Waals surface area contributed by atoms with E-state index < -0.39 is 10.0 Å². The van der Waals surface area contributed by atoms with Crippen LogP contribution in [0.3, 0.4) is 0 Å². The number of sulfonamides is 1. The number of hydrogen-bond acceptors (Lipinski definition) is 6. The lowest BCUT2D eigenvalue weighted by Crippen LogP contribution is -2.14. The van der Waals surface area contributed by atoms with Crippen LogP contribution in [-0.2, 0) is 14.8 Å². The number of hydrogen-bond donors (Lipinski definition) is 2. The first-order valence-corrected chi connectivity index (χ1v) is 11.3. The molecule has 8 nitrogen and oxygen atoms in total. The number of amides is 1. The van der Waals surface area contributed by atoms with E-state index in [0.717, 1.165) is 11.3 Å². The zero-order valence-electron chi connectivity index (χ0n) is 18.4. The van der Waals surface area contributed by atoms with Crippen LogP contribution in [0.4, 0.5) is 11.4 Å². The van der Waals surface area contributed by atoms with Gasteiger partial charge in [0.2, 0.25) is 5.91 Å². The molecule has 0 bridgehead atoms. The summed E-state index contributed by atoms with van der Waals surface area (Å²) in [4.78, 5) is 12.2. The molecule has 33 heavy (non-hydrogen) atoms. The predicted molar refractivity (Wildman–Crippen MR) is 127 cm³/mol. The summed E-state index contributed by atoms with van der Waals surface area (Å²) in [5, 5.41) is 2.69. The van der Waals surface area contributed by atoms with Gasteiger partial charge in [-0.05, 0) is 60.2 Å². The van der Waals surface area contributed by atoms with Gasteiger partial charge in [0.1, 0.15) is 17.2 Å². The highest BCUT2D eigenvalue weighted by atomic mass is 32.2. The second kappa shape index (κ2) is 10.6. The number of carbonyl (C=O) groups is 1. The minimum absolute atomic E-state index is 0.0270. The first kappa shape index (κ1) is 23.7.